The van der Waals surface area contributed by atoms with E-state index in [0.29, 0.717) is 0 Å². The minimum absolute atomic E-state index is 0.800. The second-order valence-electron chi connectivity index (χ2n) is 5.51. The zero-order chi connectivity index (χ0) is 11.3. The van der Waals surface area contributed by atoms with Crippen LogP contribution in [0.3, 0.4) is 0 Å². The van der Waals surface area contributed by atoms with Crippen molar-refractivity contribution in [3.8, 4) is 0 Å². The first kappa shape index (κ1) is 13.0. The molecule has 4 atom stereocenters. The predicted molar refractivity (Wildman–Crippen MR) is 68.0 cm³/mol. The monoisotopic (exact) mass is 211 g/mol. The Labute approximate surface area is 96.0 Å². The van der Waals surface area contributed by atoms with Crippen molar-refractivity contribution < 1.29 is 0 Å². The van der Waals surface area contributed by atoms with Gasteiger partial charge in [0.25, 0.3) is 0 Å². The van der Waals surface area contributed by atoms with Crippen LogP contribution >= 0.6 is 0 Å². The number of hydrogen-bond acceptors (Lipinski definition) is 1. The molecule has 0 aromatic heterocycles. The summed E-state index contributed by atoms with van der Waals surface area (Å²) in [5.74, 6) is 2.72. The molecule has 0 saturated heterocycles. The van der Waals surface area contributed by atoms with Gasteiger partial charge < -0.3 is 5.32 Å². The smallest absolute Gasteiger partial charge is 0.00955 e. The summed E-state index contributed by atoms with van der Waals surface area (Å²) in [6.07, 6.45) is 6.89. The molecule has 0 heterocycles. The summed E-state index contributed by atoms with van der Waals surface area (Å²) in [7, 11) is 0. The van der Waals surface area contributed by atoms with Gasteiger partial charge >= 0.3 is 0 Å². The van der Waals surface area contributed by atoms with Gasteiger partial charge in [0.1, 0.15) is 0 Å². The maximum Gasteiger partial charge on any atom is 0.00955 e. The summed E-state index contributed by atoms with van der Waals surface area (Å²) >= 11 is 0. The van der Waals surface area contributed by atoms with Gasteiger partial charge in [-0.1, -0.05) is 40.5 Å². The number of nitrogens with one attached hydrogen (secondary N) is 1. The lowest BCUT2D eigenvalue weighted by molar-refractivity contribution is 0.328. The van der Waals surface area contributed by atoms with Gasteiger partial charge in [0.2, 0.25) is 0 Å². The average Bonchev–Trinajstić information content (AvgIpc) is 2.57. The first-order valence-electron chi connectivity index (χ1n) is 6.92. The molecule has 0 radical (unpaired) electrons. The fraction of sp³-hybridized carbons (Fsp3) is 1.00. The molecule has 0 aromatic rings. The summed E-state index contributed by atoms with van der Waals surface area (Å²) in [4.78, 5) is 0. The topological polar surface area (TPSA) is 12.0 Å². The van der Waals surface area contributed by atoms with Crippen molar-refractivity contribution in [2.75, 3.05) is 6.54 Å². The highest BCUT2D eigenvalue weighted by Crippen LogP contribution is 2.33. The fourth-order valence-corrected chi connectivity index (χ4v) is 3.06. The normalized spacial score (nSPS) is 33.2. The Kier molecular flexibility index (Phi) is 5.66. The third kappa shape index (κ3) is 3.79. The van der Waals surface area contributed by atoms with E-state index in [4.69, 9.17) is 0 Å². The van der Waals surface area contributed by atoms with Crippen LogP contribution in [-0.2, 0) is 0 Å². The SMILES string of the molecule is CCCC(C)CNC1CCC(CC)C1C. The lowest BCUT2D eigenvalue weighted by Gasteiger charge is -2.22. The molecule has 1 nitrogen and oxygen atoms in total. The highest BCUT2D eigenvalue weighted by molar-refractivity contribution is 4.86. The number of hydrogen-bond donors (Lipinski definition) is 1. The Morgan fingerprint density at radius 2 is 2.00 bits per heavy atom. The summed E-state index contributed by atoms with van der Waals surface area (Å²) in [5, 5.41) is 3.78. The molecular weight excluding hydrogens is 182 g/mol. The highest BCUT2D eigenvalue weighted by Gasteiger charge is 2.30. The van der Waals surface area contributed by atoms with E-state index in [1.54, 1.807) is 0 Å². The van der Waals surface area contributed by atoms with E-state index in [1.165, 1.54) is 38.6 Å². The quantitative estimate of drug-likeness (QED) is 0.704. The van der Waals surface area contributed by atoms with Crippen molar-refractivity contribution in [1.82, 2.24) is 5.32 Å². The van der Waals surface area contributed by atoms with Crippen LogP contribution < -0.4 is 5.32 Å². The first-order chi connectivity index (χ1) is 7.19. The Hall–Kier alpha value is -0.0400. The second kappa shape index (κ2) is 6.52. The Morgan fingerprint density at radius 1 is 1.27 bits per heavy atom. The van der Waals surface area contributed by atoms with Crippen molar-refractivity contribution in [3.63, 3.8) is 0 Å². The van der Waals surface area contributed by atoms with E-state index in [1.807, 2.05) is 0 Å². The molecule has 1 aliphatic carbocycles. The van der Waals surface area contributed by atoms with Crippen molar-refractivity contribution in [2.24, 2.45) is 17.8 Å². The maximum absolute atomic E-state index is 3.78. The standard InChI is InChI=1S/C14H29N/c1-5-7-11(3)10-15-14-9-8-13(6-2)12(14)4/h11-15H,5-10H2,1-4H3. The molecular formula is C14H29N. The Balaban J connectivity index is 2.22. The molecule has 0 amide bonds. The van der Waals surface area contributed by atoms with E-state index in [-0.39, 0.29) is 0 Å². The molecule has 4 unspecified atom stereocenters. The predicted octanol–water partition coefficient (Wildman–Crippen LogP) is 3.84. The number of rotatable bonds is 6. The molecule has 1 fully saturated rings. The minimum atomic E-state index is 0.800. The zero-order valence-corrected chi connectivity index (χ0v) is 11.1. The van der Waals surface area contributed by atoms with Gasteiger partial charge in [-0.15, -0.1) is 0 Å². The van der Waals surface area contributed by atoms with Gasteiger partial charge in [-0.25, -0.2) is 0 Å². The van der Waals surface area contributed by atoms with E-state index in [0.717, 1.165) is 23.8 Å². The first-order valence-corrected chi connectivity index (χ1v) is 6.92. The minimum Gasteiger partial charge on any atom is -0.313 e. The molecule has 0 aromatic carbocycles. The third-order valence-corrected chi connectivity index (χ3v) is 4.26. The fourth-order valence-electron chi connectivity index (χ4n) is 3.06. The molecule has 0 bridgehead atoms. The summed E-state index contributed by atoms with van der Waals surface area (Å²) in [5.41, 5.74) is 0. The molecule has 1 N–H and O–H groups in total. The highest BCUT2D eigenvalue weighted by atomic mass is 14.9. The van der Waals surface area contributed by atoms with Crippen LogP contribution in [0.25, 0.3) is 0 Å². The van der Waals surface area contributed by atoms with Crippen molar-refractivity contribution in [1.29, 1.82) is 0 Å². The van der Waals surface area contributed by atoms with Crippen molar-refractivity contribution in [2.45, 2.75) is 65.8 Å². The van der Waals surface area contributed by atoms with Crippen LogP contribution in [0, 0.1) is 17.8 Å². The molecule has 15 heavy (non-hydrogen) atoms. The zero-order valence-electron chi connectivity index (χ0n) is 11.1. The molecule has 1 heteroatoms. The van der Waals surface area contributed by atoms with Gasteiger partial charge in [0.15, 0.2) is 0 Å². The second-order valence-corrected chi connectivity index (χ2v) is 5.51. The molecule has 1 saturated carbocycles. The van der Waals surface area contributed by atoms with Gasteiger partial charge in [0.05, 0.1) is 0 Å². The third-order valence-electron chi connectivity index (χ3n) is 4.26. The van der Waals surface area contributed by atoms with E-state index >= 15 is 0 Å². The molecule has 90 valence electrons. The Morgan fingerprint density at radius 3 is 2.53 bits per heavy atom. The lowest BCUT2D eigenvalue weighted by atomic mass is 9.93. The van der Waals surface area contributed by atoms with Crippen molar-refractivity contribution >= 4 is 0 Å². The largest absolute Gasteiger partial charge is 0.313 e. The van der Waals surface area contributed by atoms with Crippen LogP contribution in [0.15, 0.2) is 0 Å². The van der Waals surface area contributed by atoms with Crippen LogP contribution in [0.5, 0.6) is 0 Å². The van der Waals surface area contributed by atoms with Gasteiger partial charge in [-0.3, -0.25) is 0 Å². The van der Waals surface area contributed by atoms with Crippen LogP contribution in [0.4, 0.5) is 0 Å². The van der Waals surface area contributed by atoms with E-state index in [9.17, 15) is 0 Å². The van der Waals surface area contributed by atoms with Gasteiger partial charge in [-0.05, 0) is 43.6 Å². The van der Waals surface area contributed by atoms with Crippen LogP contribution in [-0.4, -0.2) is 12.6 Å². The summed E-state index contributed by atoms with van der Waals surface area (Å²) in [6, 6.07) is 0.800. The maximum atomic E-state index is 3.78. The lowest BCUT2D eigenvalue weighted by Crippen LogP contribution is -2.35. The van der Waals surface area contributed by atoms with Gasteiger partial charge in [0, 0.05) is 6.04 Å². The molecule has 1 aliphatic rings. The summed E-state index contributed by atoms with van der Waals surface area (Å²) in [6.45, 7) is 10.6. The summed E-state index contributed by atoms with van der Waals surface area (Å²) < 4.78 is 0. The molecule has 0 aliphatic heterocycles. The van der Waals surface area contributed by atoms with Crippen LogP contribution in [0.2, 0.25) is 0 Å². The van der Waals surface area contributed by atoms with Crippen LogP contribution in [0.1, 0.15) is 59.8 Å². The molecule has 0 spiro atoms. The average molecular weight is 211 g/mol. The van der Waals surface area contributed by atoms with Gasteiger partial charge in [-0.2, -0.15) is 0 Å². The van der Waals surface area contributed by atoms with Crippen molar-refractivity contribution in [3.05, 3.63) is 0 Å². The Bertz CT molecular complexity index is 167. The molecule has 1 rings (SSSR count). The van der Waals surface area contributed by atoms with E-state index in [2.05, 4.69) is 33.0 Å². The van der Waals surface area contributed by atoms with E-state index < -0.39 is 0 Å².